The van der Waals surface area contributed by atoms with Crippen molar-refractivity contribution in [3.8, 4) is 11.5 Å². The molecule has 1 amide bonds. The molecular weight excluding hydrogens is 340 g/mol. The summed E-state index contributed by atoms with van der Waals surface area (Å²) in [7, 11) is 3.08. The van der Waals surface area contributed by atoms with Crippen molar-refractivity contribution in [2.24, 2.45) is 5.73 Å². The van der Waals surface area contributed by atoms with E-state index < -0.39 is 0 Å². The van der Waals surface area contributed by atoms with Gasteiger partial charge in [0.15, 0.2) is 11.5 Å². The van der Waals surface area contributed by atoms with Crippen LogP contribution in [-0.2, 0) is 5.41 Å². The van der Waals surface area contributed by atoms with Crippen LogP contribution in [0.25, 0.3) is 0 Å². The second kappa shape index (κ2) is 7.76. The molecule has 0 bridgehead atoms. The van der Waals surface area contributed by atoms with E-state index in [4.69, 9.17) is 26.8 Å². The summed E-state index contributed by atoms with van der Waals surface area (Å²) in [6.07, 6.45) is 0. The number of ether oxygens (including phenoxy) is 2. The molecule has 6 heteroatoms. The average Bonchev–Trinajstić information content (AvgIpc) is 2.62. The number of nitrogens with two attached hydrogens (primary N) is 1. The molecule has 0 fully saturated rings. The molecule has 134 valence electrons. The molecule has 5 nitrogen and oxygen atoms in total. The number of rotatable bonds is 6. The van der Waals surface area contributed by atoms with Crippen LogP contribution in [0.1, 0.15) is 29.8 Å². The molecule has 0 saturated carbocycles. The maximum absolute atomic E-state index is 12.5. The highest BCUT2D eigenvalue weighted by Gasteiger charge is 2.22. The zero-order valence-corrected chi connectivity index (χ0v) is 15.6. The predicted octanol–water partition coefficient (Wildman–Crippen LogP) is 3.85. The maximum atomic E-state index is 12.5. The first-order valence-corrected chi connectivity index (χ1v) is 8.23. The van der Waals surface area contributed by atoms with Gasteiger partial charge in [-0.05, 0) is 42.0 Å². The van der Waals surface area contributed by atoms with E-state index in [-0.39, 0.29) is 11.3 Å². The zero-order chi connectivity index (χ0) is 18.6. The molecule has 0 aromatic heterocycles. The summed E-state index contributed by atoms with van der Waals surface area (Å²) < 4.78 is 10.4. The first kappa shape index (κ1) is 19.1. The van der Waals surface area contributed by atoms with Crippen molar-refractivity contribution >= 4 is 23.2 Å². The molecule has 2 aromatic rings. The van der Waals surface area contributed by atoms with Gasteiger partial charge in [0.1, 0.15) is 0 Å². The standard InChI is InChI=1S/C19H23ClN2O3/c1-19(2,11-21)14-10-13(6-7-15(14)20)22-18(23)12-5-8-16(24-3)17(9-12)25-4/h5-10H,11,21H2,1-4H3,(H,22,23). The van der Waals surface area contributed by atoms with Gasteiger partial charge < -0.3 is 20.5 Å². The fourth-order valence-corrected chi connectivity index (χ4v) is 2.79. The Kier molecular flexibility index (Phi) is 5.93. The predicted molar refractivity (Wildman–Crippen MR) is 101 cm³/mol. The number of anilines is 1. The number of carbonyl (C=O) groups excluding carboxylic acids is 1. The molecule has 0 radical (unpaired) electrons. The Balaban J connectivity index is 2.28. The first-order valence-electron chi connectivity index (χ1n) is 7.86. The van der Waals surface area contributed by atoms with Crippen LogP contribution in [0.15, 0.2) is 36.4 Å². The molecule has 25 heavy (non-hydrogen) atoms. The quantitative estimate of drug-likeness (QED) is 0.818. The summed E-state index contributed by atoms with van der Waals surface area (Å²) in [4.78, 5) is 12.5. The van der Waals surface area contributed by atoms with E-state index in [1.54, 1.807) is 37.4 Å². The highest BCUT2D eigenvalue weighted by molar-refractivity contribution is 6.31. The van der Waals surface area contributed by atoms with Crippen LogP contribution in [0.2, 0.25) is 5.02 Å². The zero-order valence-electron chi connectivity index (χ0n) is 14.9. The summed E-state index contributed by atoms with van der Waals surface area (Å²) in [6.45, 7) is 4.46. The monoisotopic (exact) mass is 362 g/mol. The third-order valence-corrected chi connectivity index (χ3v) is 4.44. The van der Waals surface area contributed by atoms with Gasteiger partial charge in [-0.25, -0.2) is 0 Å². The maximum Gasteiger partial charge on any atom is 0.255 e. The van der Waals surface area contributed by atoms with Crippen LogP contribution in [0.5, 0.6) is 11.5 Å². The number of amides is 1. The van der Waals surface area contributed by atoms with Crippen molar-refractivity contribution in [3.63, 3.8) is 0 Å². The van der Waals surface area contributed by atoms with Gasteiger partial charge in [0.05, 0.1) is 14.2 Å². The summed E-state index contributed by atoms with van der Waals surface area (Å²) in [6, 6.07) is 10.4. The lowest BCUT2D eigenvalue weighted by atomic mass is 9.84. The molecule has 0 aliphatic rings. The number of halogens is 1. The summed E-state index contributed by atoms with van der Waals surface area (Å²) >= 11 is 6.29. The lowest BCUT2D eigenvalue weighted by molar-refractivity contribution is 0.102. The molecule has 0 heterocycles. The van der Waals surface area contributed by atoms with E-state index in [9.17, 15) is 4.79 Å². The number of methoxy groups -OCH3 is 2. The minimum atomic E-state index is -0.291. The molecule has 0 saturated heterocycles. The summed E-state index contributed by atoms with van der Waals surface area (Å²) in [5.74, 6) is 0.813. The Morgan fingerprint density at radius 3 is 2.40 bits per heavy atom. The van der Waals surface area contributed by atoms with Crippen molar-refractivity contribution in [2.45, 2.75) is 19.3 Å². The van der Waals surface area contributed by atoms with Gasteiger partial charge in [0.2, 0.25) is 0 Å². The molecule has 2 rings (SSSR count). The van der Waals surface area contributed by atoms with Crippen LogP contribution in [0.3, 0.4) is 0 Å². The van der Waals surface area contributed by atoms with Gasteiger partial charge >= 0.3 is 0 Å². The van der Waals surface area contributed by atoms with Gasteiger partial charge in [0.25, 0.3) is 5.91 Å². The minimum absolute atomic E-state index is 0.250. The Bertz CT molecular complexity index is 775. The minimum Gasteiger partial charge on any atom is -0.493 e. The van der Waals surface area contributed by atoms with E-state index >= 15 is 0 Å². The van der Waals surface area contributed by atoms with E-state index in [1.807, 2.05) is 19.9 Å². The Labute approximate surface area is 153 Å². The second-order valence-electron chi connectivity index (χ2n) is 6.31. The van der Waals surface area contributed by atoms with Crippen molar-refractivity contribution < 1.29 is 14.3 Å². The Morgan fingerprint density at radius 1 is 1.12 bits per heavy atom. The lowest BCUT2D eigenvalue weighted by Gasteiger charge is -2.25. The van der Waals surface area contributed by atoms with Crippen LogP contribution >= 0.6 is 11.6 Å². The molecular formula is C19H23ClN2O3. The third-order valence-electron chi connectivity index (χ3n) is 4.11. The molecule has 0 atom stereocenters. The van der Waals surface area contributed by atoms with E-state index in [0.29, 0.717) is 34.3 Å². The van der Waals surface area contributed by atoms with Gasteiger partial charge in [-0.3, -0.25) is 4.79 Å². The summed E-state index contributed by atoms with van der Waals surface area (Å²) in [5, 5.41) is 3.50. The van der Waals surface area contributed by atoms with E-state index in [1.165, 1.54) is 7.11 Å². The lowest BCUT2D eigenvalue weighted by Crippen LogP contribution is -2.28. The number of benzene rings is 2. The molecule has 0 aliphatic heterocycles. The van der Waals surface area contributed by atoms with Crippen LogP contribution < -0.4 is 20.5 Å². The van der Waals surface area contributed by atoms with Crippen LogP contribution in [0.4, 0.5) is 5.69 Å². The van der Waals surface area contributed by atoms with Gasteiger partial charge in [-0.2, -0.15) is 0 Å². The molecule has 0 spiro atoms. The van der Waals surface area contributed by atoms with Crippen molar-refractivity contribution in [1.29, 1.82) is 0 Å². The smallest absolute Gasteiger partial charge is 0.255 e. The Morgan fingerprint density at radius 2 is 1.80 bits per heavy atom. The third kappa shape index (κ3) is 4.24. The fourth-order valence-electron chi connectivity index (χ4n) is 2.41. The van der Waals surface area contributed by atoms with Gasteiger partial charge in [-0.1, -0.05) is 25.4 Å². The topological polar surface area (TPSA) is 73.6 Å². The van der Waals surface area contributed by atoms with Gasteiger partial charge in [0, 0.05) is 28.2 Å². The van der Waals surface area contributed by atoms with Crippen LogP contribution in [-0.4, -0.2) is 26.7 Å². The number of carbonyl (C=O) groups is 1. The first-order chi connectivity index (χ1) is 11.8. The normalized spacial score (nSPS) is 11.1. The SMILES string of the molecule is COc1ccc(C(=O)Nc2ccc(Cl)c(C(C)(C)CN)c2)cc1OC. The molecule has 2 aromatic carbocycles. The summed E-state index contributed by atoms with van der Waals surface area (Å²) in [5.41, 5.74) is 7.56. The number of hydrogen-bond donors (Lipinski definition) is 2. The fraction of sp³-hybridized carbons (Fsp3) is 0.316. The van der Waals surface area contributed by atoms with Gasteiger partial charge in [-0.15, -0.1) is 0 Å². The molecule has 3 N–H and O–H groups in total. The second-order valence-corrected chi connectivity index (χ2v) is 6.71. The number of hydrogen-bond acceptors (Lipinski definition) is 4. The van der Waals surface area contributed by atoms with Crippen molar-refractivity contribution in [2.75, 3.05) is 26.1 Å². The van der Waals surface area contributed by atoms with E-state index in [0.717, 1.165) is 5.56 Å². The molecule has 0 unspecified atom stereocenters. The average molecular weight is 363 g/mol. The molecule has 0 aliphatic carbocycles. The Hall–Kier alpha value is -2.24. The number of nitrogens with one attached hydrogen (secondary N) is 1. The highest BCUT2D eigenvalue weighted by atomic mass is 35.5. The van der Waals surface area contributed by atoms with Crippen molar-refractivity contribution in [3.05, 3.63) is 52.5 Å². The highest BCUT2D eigenvalue weighted by Crippen LogP contribution is 2.32. The van der Waals surface area contributed by atoms with Crippen LogP contribution in [0, 0.1) is 0 Å². The van der Waals surface area contributed by atoms with Crippen molar-refractivity contribution in [1.82, 2.24) is 0 Å². The van der Waals surface area contributed by atoms with E-state index in [2.05, 4.69) is 5.32 Å². The largest absolute Gasteiger partial charge is 0.493 e.